The summed E-state index contributed by atoms with van der Waals surface area (Å²) in [7, 11) is 1.40. The van der Waals surface area contributed by atoms with Crippen molar-refractivity contribution in [1.29, 1.82) is 0 Å². The molecular formula is C15H20N2O4. The zero-order chi connectivity index (χ0) is 15.7. The molecule has 6 heteroatoms. The van der Waals surface area contributed by atoms with E-state index in [1.165, 1.54) is 7.05 Å². The van der Waals surface area contributed by atoms with Crippen molar-refractivity contribution >= 4 is 17.9 Å². The Morgan fingerprint density at radius 1 is 1.19 bits per heavy atom. The van der Waals surface area contributed by atoms with E-state index in [1.54, 1.807) is 30.3 Å². The van der Waals surface area contributed by atoms with Crippen LogP contribution in [-0.4, -0.2) is 25.0 Å². The number of carbonyl (C=O) groups is 3. The van der Waals surface area contributed by atoms with E-state index in [4.69, 9.17) is 4.74 Å². The standard InChI is InChI=1S/C15H20N2O4/c1-3-4-10-12(18)21-13(11-8-6-5-7-9-11)14(19)17-15(20)16-2/h5-9,13H,3-4,10H2,1-2H3,(H2,16,17,19,20)/t13-/m0/s1. The molecule has 0 unspecified atom stereocenters. The van der Waals surface area contributed by atoms with E-state index in [0.717, 1.165) is 6.42 Å². The maximum absolute atomic E-state index is 12.1. The summed E-state index contributed by atoms with van der Waals surface area (Å²) in [5, 5.41) is 4.40. The highest BCUT2D eigenvalue weighted by atomic mass is 16.5. The van der Waals surface area contributed by atoms with Gasteiger partial charge < -0.3 is 10.1 Å². The van der Waals surface area contributed by atoms with Gasteiger partial charge in [0, 0.05) is 19.0 Å². The van der Waals surface area contributed by atoms with E-state index in [9.17, 15) is 14.4 Å². The summed E-state index contributed by atoms with van der Waals surface area (Å²) >= 11 is 0. The van der Waals surface area contributed by atoms with Crippen LogP contribution in [0.1, 0.15) is 37.9 Å². The first-order chi connectivity index (χ1) is 10.1. The minimum absolute atomic E-state index is 0.243. The molecule has 1 atom stereocenters. The first kappa shape index (κ1) is 16.7. The second kappa shape index (κ2) is 8.73. The predicted octanol–water partition coefficient (Wildman–Crippen LogP) is 1.92. The first-order valence-corrected chi connectivity index (χ1v) is 6.85. The van der Waals surface area contributed by atoms with Gasteiger partial charge in [-0.2, -0.15) is 0 Å². The van der Waals surface area contributed by atoms with E-state index >= 15 is 0 Å². The normalized spacial score (nSPS) is 11.3. The third kappa shape index (κ3) is 5.64. The molecule has 0 aliphatic carbocycles. The molecule has 21 heavy (non-hydrogen) atoms. The smallest absolute Gasteiger partial charge is 0.321 e. The van der Waals surface area contributed by atoms with Gasteiger partial charge >= 0.3 is 12.0 Å². The molecule has 1 rings (SSSR count). The van der Waals surface area contributed by atoms with Crippen molar-refractivity contribution in [3.05, 3.63) is 35.9 Å². The maximum Gasteiger partial charge on any atom is 0.321 e. The summed E-state index contributed by atoms with van der Waals surface area (Å²) in [5.74, 6) is -1.14. The number of imide groups is 1. The number of unbranched alkanes of at least 4 members (excludes halogenated alkanes) is 1. The summed E-state index contributed by atoms with van der Waals surface area (Å²) in [4.78, 5) is 35.0. The largest absolute Gasteiger partial charge is 0.447 e. The van der Waals surface area contributed by atoms with Crippen molar-refractivity contribution < 1.29 is 19.1 Å². The summed E-state index contributed by atoms with van der Waals surface area (Å²) in [6.45, 7) is 1.96. The van der Waals surface area contributed by atoms with Crippen LogP contribution in [0.2, 0.25) is 0 Å². The van der Waals surface area contributed by atoms with Gasteiger partial charge in [0.1, 0.15) is 0 Å². The summed E-state index contributed by atoms with van der Waals surface area (Å²) in [6.07, 6.45) is 0.660. The average Bonchev–Trinajstić information content (AvgIpc) is 2.51. The van der Waals surface area contributed by atoms with Gasteiger partial charge in [-0.1, -0.05) is 43.7 Å². The molecule has 114 valence electrons. The lowest BCUT2D eigenvalue weighted by Gasteiger charge is -2.17. The highest BCUT2D eigenvalue weighted by Gasteiger charge is 2.25. The number of ether oxygens (including phenoxy) is 1. The van der Waals surface area contributed by atoms with Gasteiger partial charge in [-0.15, -0.1) is 0 Å². The Labute approximate surface area is 123 Å². The molecule has 0 heterocycles. The van der Waals surface area contributed by atoms with Gasteiger partial charge in [0.2, 0.25) is 6.10 Å². The van der Waals surface area contributed by atoms with Gasteiger partial charge in [-0.3, -0.25) is 14.9 Å². The number of nitrogens with one attached hydrogen (secondary N) is 2. The first-order valence-electron chi connectivity index (χ1n) is 6.85. The lowest BCUT2D eigenvalue weighted by Crippen LogP contribution is -2.41. The SMILES string of the molecule is CCCCC(=O)O[C@H](C(=O)NC(=O)NC)c1ccccc1. The van der Waals surface area contributed by atoms with E-state index in [2.05, 4.69) is 10.6 Å². The third-order valence-corrected chi connectivity index (χ3v) is 2.79. The molecule has 0 aromatic heterocycles. The van der Waals surface area contributed by atoms with E-state index in [-0.39, 0.29) is 6.42 Å². The summed E-state index contributed by atoms with van der Waals surface area (Å²) < 4.78 is 5.21. The zero-order valence-electron chi connectivity index (χ0n) is 12.2. The van der Waals surface area contributed by atoms with Crippen molar-refractivity contribution in [2.45, 2.75) is 32.3 Å². The summed E-state index contributed by atoms with van der Waals surface area (Å²) in [5.41, 5.74) is 0.517. The molecule has 1 aromatic rings. The minimum Gasteiger partial charge on any atom is -0.447 e. The van der Waals surface area contributed by atoms with Crippen LogP contribution in [-0.2, 0) is 14.3 Å². The van der Waals surface area contributed by atoms with Crippen LogP contribution in [0.3, 0.4) is 0 Å². The predicted molar refractivity (Wildman–Crippen MR) is 77.4 cm³/mol. The number of amides is 3. The molecule has 0 aliphatic heterocycles. The minimum atomic E-state index is -1.13. The van der Waals surface area contributed by atoms with Gasteiger partial charge in [-0.25, -0.2) is 4.79 Å². The van der Waals surface area contributed by atoms with Crippen molar-refractivity contribution in [3.8, 4) is 0 Å². The van der Waals surface area contributed by atoms with Crippen LogP contribution >= 0.6 is 0 Å². The zero-order valence-corrected chi connectivity index (χ0v) is 12.2. The number of esters is 1. The van der Waals surface area contributed by atoms with Crippen molar-refractivity contribution in [3.63, 3.8) is 0 Å². The fraction of sp³-hybridized carbons (Fsp3) is 0.400. The van der Waals surface area contributed by atoms with Crippen LogP contribution in [0.5, 0.6) is 0 Å². The van der Waals surface area contributed by atoms with Crippen molar-refractivity contribution in [1.82, 2.24) is 10.6 Å². The van der Waals surface area contributed by atoms with Crippen LogP contribution in [0.25, 0.3) is 0 Å². The van der Waals surface area contributed by atoms with Crippen molar-refractivity contribution in [2.75, 3.05) is 7.05 Å². The molecule has 0 bridgehead atoms. The van der Waals surface area contributed by atoms with Crippen LogP contribution in [0, 0.1) is 0 Å². The Morgan fingerprint density at radius 3 is 2.43 bits per heavy atom. The number of urea groups is 1. The maximum atomic E-state index is 12.1. The highest BCUT2D eigenvalue weighted by molar-refractivity contribution is 5.97. The molecule has 6 nitrogen and oxygen atoms in total. The van der Waals surface area contributed by atoms with Gasteiger partial charge in [0.15, 0.2) is 0 Å². The Morgan fingerprint density at radius 2 is 1.86 bits per heavy atom. The Hall–Kier alpha value is -2.37. The topological polar surface area (TPSA) is 84.5 Å². The van der Waals surface area contributed by atoms with Gasteiger partial charge in [0.05, 0.1) is 0 Å². The van der Waals surface area contributed by atoms with Gasteiger partial charge in [-0.05, 0) is 6.42 Å². The number of carbonyl (C=O) groups excluding carboxylic acids is 3. The Balaban J connectivity index is 2.82. The van der Waals surface area contributed by atoms with Crippen LogP contribution in [0.4, 0.5) is 4.79 Å². The molecule has 3 amide bonds. The fourth-order valence-corrected chi connectivity index (χ4v) is 1.65. The van der Waals surface area contributed by atoms with E-state index in [1.807, 2.05) is 6.92 Å². The second-order valence-electron chi connectivity index (χ2n) is 4.45. The van der Waals surface area contributed by atoms with Crippen molar-refractivity contribution in [2.24, 2.45) is 0 Å². The molecule has 1 aromatic carbocycles. The number of hydrogen-bond acceptors (Lipinski definition) is 4. The second-order valence-corrected chi connectivity index (χ2v) is 4.45. The van der Waals surface area contributed by atoms with Crippen LogP contribution in [0.15, 0.2) is 30.3 Å². The Bertz CT molecular complexity index is 488. The lowest BCUT2D eigenvalue weighted by atomic mass is 10.1. The number of benzene rings is 1. The average molecular weight is 292 g/mol. The van der Waals surface area contributed by atoms with E-state index < -0.39 is 24.0 Å². The van der Waals surface area contributed by atoms with Gasteiger partial charge in [0.25, 0.3) is 5.91 Å². The highest BCUT2D eigenvalue weighted by Crippen LogP contribution is 2.18. The molecule has 0 aliphatic rings. The summed E-state index contributed by atoms with van der Waals surface area (Å²) in [6, 6.07) is 7.94. The fourth-order valence-electron chi connectivity index (χ4n) is 1.65. The molecule has 0 fully saturated rings. The molecule has 0 spiro atoms. The molecular weight excluding hydrogens is 272 g/mol. The molecule has 0 saturated heterocycles. The lowest BCUT2D eigenvalue weighted by molar-refractivity contribution is -0.156. The monoisotopic (exact) mass is 292 g/mol. The quantitative estimate of drug-likeness (QED) is 0.784. The van der Waals surface area contributed by atoms with E-state index in [0.29, 0.717) is 12.0 Å². The molecule has 2 N–H and O–H groups in total. The number of hydrogen-bond donors (Lipinski definition) is 2. The Kier molecular flexibility index (Phi) is 6.94. The third-order valence-electron chi connectivity index (χ3n) is 2.79. The van der Waals surface area contributed by atoms with Crippen LogP contribution < -0.4 is 10.6 Å². The molecule has 0 radical (unpaired) electrons. The molecule has 0 saturated carbocycles. The number of rotatable bonds is 6.